The molecule has 0 heterocycles. The zero-order valence-corrected chi connectivity index (χ0v) is 12.6. The van der Waals surface area contributed by atoms with E-state index in [1.165, 1.54) is 0 Å². The fraction of sp³-hybridized carbons (Fsp3) is 0.278. The highest BCUT2D eigenvalue weighted by Crippen LogP contribution is 2.27. The molecular formula is C18H21NO. The van der Waals surface area contributed by atoms with Gasteiger partial charge in [-0.25, -0.2) is 0 Å². The zero-order valence-electron chi connectivity index (χ0n) is 12.6. The molecule has 0 unspecified atom stereocenters. The van der Waals surface area contributed by atoms with Crippen LogP contribution in [-0.2, 0) is 0 Å². The third-order valence-electron chi connectivity index (χ3n) is 3.55. The maximum Gasteiger partial charge on any atom is 0.195 e. The molecule has 0 aromatic heterocycles. The van der Waals surface area contributed by atoms with Crippen LogP contribution in [0.2, 0.25) is 0 Å². The molecule has 0 fully saturated rings. The van der Waals surface area contributed by atoms with Gasteiger partial charge < -0.3 is 4.90 Å². The van der Waals surface area contributed by atoms with Crippen molar-refractivity contribution in [2.24, 2.45) is 0 Å². The Morgan fingerprint density at radius 2 is 1.45 bits per heavy atom. The Balaban J connectivity index is 2.46. The third kappa shape index (κ3) is 2.90. The molecular weight excluding hydrogens is 246 g/mol. The number of carbonyl (C=O) groups excluding carboxylic acids is 1. The third-order valence-corrected chi connectivity index (χ3v) is 3.55. The smallest absolute Gasteiger partial charge is 0.195 e. The molecule has 0 saturated carbocycles. The highest BCUT2D eigenvalue weighted by molar-refractivity contribution is 6.12. The Morgan fingerprint density at radius 1 is 0.900 bits per heavy atom. The molecule has 2 aromatic rings. The summed E-state index contributed by atoms with van der Waals surface area (Å²) in [6.07, 6.45) is 0. The highest BCUT2D eigenvalue weighted by Gasteiger charge is 2.22. The number of ketones is 1. The zero-order chi connectivity index (χ0) is 14.8. The predicted molar refractivity (Wildman–Crippen MR) is 84.5 cm³/mol. The quantitative estimate of drug-likeness (QED) is 0.779. The molecule has 0 aliphatic rings. The van der Waals surface area contributed by atoms with Crippen LogP contribution >= 0.6 is 0 Å². The second-order valence-corrected chi connectivity index (χ2v) is 5.94. The number of benzene rings is 2. The first-order chi connectivity index (χ1) is 9.41. The van der Waals surface area contributed by atoms with Crippen molar-refractivity contribution in [3.05, 3.63) is 65.7 Å². The van der Waals surface area contributed by atoms with Crippen LogP contribution in [0.5, 0.6) is 0 Å². The second kappa shape index (κ2) is 5.49. The summed E-state index contributed by atoms with van der Waals surface area (Å²) < 4.78 is 0. The topological polar surface area (TPSA) is 20.3 Å². The average Bonchev–Trinajstić information content (AvgIpc) is 2.45. The number of nitrogens with zero attached hydrogens (tertiary/aromatic N) is 1. The Hall–Kier alpha value is -2.09. The first-order valence-corrected chi connectivity index (χ1v) is 6.84. The van der Waals surface area contributed by atoms with E-state index < -0.39 is 0 Å². The van der Waals surface area contributed by atoms with E-state index in [0.29, 0.717) is 0 Å². The first kappa shape index (κ1) is 14.3. The predicted octanol–water partition coefficient (Wildman–Crippen LogP) is 4.15. The molecule has 0 aliphatic heterocycles. The normalized spacial score (nSPS) is 11.2. The molecule has 0 radical (unpaired) electrons. The van der Waals surface area contributed by atoms with Crippen LogP contribution in [0.3, 0.4) is 0 Å². The molecule has 2 rings (SSSR count). The van der Waals surface area contributed by atoms with E-state index in [0.717, 1.165) is 16.8 Å². The summed E-state index contributed by atoms with van der Waals surface area (Å²) in [5, 5.41) is 0. The van der Waals surface area contributed by atoms with E-state index in [1.807, 2.05) is 61.6 Å². The van der Waals surface area contributed by atoms with Crippen molar-refractivity contribution in [3.63, 3.8) is 0 Å². The maximum atomic E-state index is 12.7. The lowest BCUT2D eigenvalue weighted by atomic mass is 9.98. The minimum Gasteiger partial charge on any atom is -0.369 e. The standard InChI is InChI=1S/C18H21NO/c1-18(2,3)19(4)16-13-9-8-12-15(16)17(20)14-10-6-5-7-11-14/h5-13H,1-4H3. The minimum atomic E-state index is -0.0347. The average molecular weight is 267 g/mol. The van der Waals surface area contributed by atoms with Crippen LogP contribution < -0.4 is 4.90 Å². The van der Waals surface area contributed by atoms with Crippen LogP contribution in [0, 0.1) is 0 Å². The van der Waals surface area contributed by atoms with E-state index in [1.54, 1.807) is 0 Å². The Kier molecular flexibility index (Phi) is 3.93. The van der Waals surface area contributed by atoms with Gasteiger partial charge in [0.2, 0.25) is 0 Å². The van der Waals surface area contributed by atoms with Gasteiger partial charge in [0, 0.05) is 29.4 Å². The summed E-state index contributed by atoms with van der Waals surface area (Å²) >= 11 is 0. The van der Waals surface area contributed by atoms with Gasteiger partial charge in [0.1, 0.15) is 0 Å². The van der Waals surface area contributed by atoms with Crippen LogP contribution in [0.25, 0.3) is 0 Å². The van der Waals surface area contributed by atoms with Crippen molar-refractivity contribution in [2.75, 3.05) is 11.9 Å². The number of para-hydroxylation sites is 1. The Labute approximate surface area is 121 Å². The van der Waals surface area contributed by atoms with Crippen LogP contribution in [0.4, 0.5) is 5.69 Å². The van der Waals surface area contributed by atoms with Crippen LogP contribution in [0.1, 0.15) is 36.7 Å². The fourth-order valence-corrected chi connectivity index (χ4v) is 2.06. The molecule has 2 heteroatoms. The van der Waals surface area contributed by atoms with Crippen molar-refractivity contribution >= 4 is 11.5 Å². The molecule has 0 N–H and O–H groups in total. The number of rotatable bonds is 3. The molecule has 2 nitrogen and oxygen atoms in total. The summed E-state index contributed by atoms with van der Waals surface area (Å²) in [7, 11) is 2.02. The first-order valence-electron chi connectivity index (χ1n) is 6.84. The molecule has 104 valence electrons. The van der Waals surface area contributed by atoms with Crippen molar-refractivity contribution < 1.29 is 4.79 Å². The molecule has 2 aromatic carbocycles. The summed E-state index contributed by atoms with van der Waals surface area (Å²) in [5.41, 5.74) is 2.40. The number of carbonyl (C=O) groups is 1. The lowest BCUT2D eigenvalue weighted by molar-refractivity contribution is 0.103. The van der Waals surface area contributed by atoms with E-state index in [4.69, 9.17) is 0 Å². The lowest BCUT2D eigenvalue weighted by Crippen LogP contribution is -2.38. The van der Waals surface area contributed by atoms with E-state index in [9.17, 15) is 4.79 Å². The number of hydrogen-bond donors (Lipinski definition) is 0. The van der Waals surface area contributed by atoms with Gasteiger partial charge in [-0.2, -0.15) is 0 Å². The lowest BCUT2D eigenvalue weighted by Gasteiger charge is -2.35. The van der Waals surface area contributed by atoms with Crippen molar-refractivity contribution in [2.45, 2.75) is 26.3 Å². The van der Waals surface area contributed by atoms with Gasteiger partial charge in [0.15, 0.2) is 5.78 Å². The van der Waals surface area contributed by atoms with Gasteiger partial charge in [0.05, 0.1) is 0 Å². The van der Waals surface area contributed by atoms with Crippen LogP contribution in [0.15, 0.2) is 54.6 Å². The Bertz CT molecular complexity index is 596. The second-order valence-electron chi connectivity index (χ2n) is 5.94. The molecule has 0 atom stereocenters. The summed E-state index contributed by atoms with van der Waals surface area (Å²) in [6, 6.07) is 17.2. The van der Waals surface area contributed by atoms with Crippen molar-refractivity contribution in [1.29, 1.82) is 0 Å². The Morgan fingerprint density at radius 3 is 2.05 bits per heavy atom. The maximum absolute atomic E-state index is 12.7. The summed E-state index contributed by atoms with van der Waals surface area (Å²) in [4.78, 5) is 14.8. The van der Waals surface area contributed by atoms with Gasteiger partial charge in [-0.1, -0.05) is 42.5 Å². The monoisotopic (exact) mass is 267 g/mol. The van der Waals surface area contributed by atoms with E-state index in [-0.39, 0.29) is 11.3 Å². The SMILES string of the molecule is CN(c1ccccc1C(=O)c1ccccc1)C(C)(C)C. The van der Waals surface area contributed by atoms with E-state index in [2.05, 4.69) is 25.7 Å². The summed E-state index contributed by atoms with van der Waals surface area (Å²) in [5.74, 6) is 0.0669. The van der Waals surface area contributed by atoms with Crippen molar-refractivity contribution in [1.82, 2.24) is 0 Å². The van der Waals surface area contributed by atoms with Gasteiger partial charge in [-0.3, -0.25) is 4.79 Å². The van der Waals surface area contributed by atoms with E-state index >= 15 is 0 Å². The highest BCUT2D eigenvalue weighted by atomic mass is 16.1. The van der Waals surface area contributed by atoms with Gasteiger partial charge in [-0.15, -0.1) is 0 Å². The molecule has 0 saturated heterocycles. The molecule has 0 amide bonds. The van der Waals surface area contributed by atoms with Gasteiger partial charge >= 0.3 is 0 Å². The molecule has 0 spiro atoms. The van der Waals surface area contributed by atoms with Gasteiger partial charge in [-0.05, 0) is 32.9 Å². The van der Waals surface area contributed by atoms with Crippen LogP contribution in [-0.4, -0.2) is 18.4 Å². The fourth-order valence-electron chi connectivity index (χ4n) is 2.06. The number of anilines is 1. The molecule has 20 heavy (non-hydrogen) atoms. The summed E-state index contributed by atoms with van der Waals surface area (Å²) in [6.45, 7) is 6.41. The number of hydrogen-bond acceptors (Lipinski definition) is 2. The molecule has 0 bridgehead atoms. The largest absolute Gasteiger partial charge is 0.369 e. The van der Waals surface area contributed by atoms with Crippen molar-refractivity contribution in [3.8, 4) is 0 Å². The van der Waals surface area contributed by atoms with Gasteiger partial charge in [0.25, 0.3) is 0 Å². The molecule has 0 aliphatic carbocycles. The minimum absolute atomic E-state index is 0.0347.